The third-order valence-corrected chi connectivity index (χ3v) is 3.80. The minimum atomic E-state index is -0.574. The Hall–Kier alpha value is -2.17. The number of ether oxygens (including phenoxy) is 2. The first kappa shape index (κ1) is 16.2. The first-order valence-corrected chi connectivity index (χ1v) is 7.40. The van der Waals surface area contributed by atoms with Crippen LogP contribution in [0.2, 0.25) is 0 Å². The molecule has 0 aromatic carbocycles. The first-order valence-electron chi connectivity index (χ1n) is 7.40. The van der Waals surface area contributed by atoms with E-state index >= 15 is 0 Å². The van der Waals surface area contributed by atoms with Crippen LogP contribution in [-0.2, 0) is 19.1 Å². The molecule has 0 bridgehead atoms. The van der Waals surface area contributed by atoms with Gasteiger partial charge in [-0.15, -0.1) is 0 Å². The van der Waals surface area contributed by atoms with Gasteiger partial charge in [0, 0.05) is 13.1 Å². The minimum absolute atomic E-state index is 0.305. The average molecular weight is 303 g/mol. The lowest BCUT2D eigenvalue weighted by Crippen LogP contribution is -2.30. The van der Waals surface area contributed by atoms with Crippen LogP contribution < -0.4 is 0 Å². The lowest BCUT2D eigenvalue weighted by atomic mass is 10.0. The summed E-state index contributed by atoms with van der Waals surface area (Å²) in [6.45, 7) is 7.26. The van der Waals surface area contributed by atoms with Crippen molar-refractivity contribution in [1.82, 2.24) is 4.98 Å². The van der Waals surface area contributed by atoms with E-state index in [1.807, 2.05) is 26.0 Å². The highest BCUT2D eigenvalue weighted by Crippen LogP contribution is 2.39. The molecule has 5 nitrogen and oxygen atoms in total. The van der Waals surface area contributed by atoms with Crippen molar-refractivity contribution < 1.29 is 19.1 Å². The van der Waals surface area contributed by atoms with Crippen LogP contribution in [0.15, 0.2) is 23.9 Å². The Morgan fingerprint density at radius 3 is 2.59 bits per heavy atom. The summed E-state index contributed by atoms with van der Waals surface area (Å²) in [5, 5.41) is 0. The van der Waals surface area contributed by atoms with Crippen molar-refractivity contribution in [2.45, 2.75) is 40.2 Å². The summed E-state index contributed by atoms with van der Waals surface area (Å²) in [6.07, 6.45) is 1.68. The van der Waals surface area contributed by atoms with Crippen molar-refractivity contribution in [2.75, 3.05) is 6.61 Å². The third kappa shape index (κ3) is 3.35. The SMILES string of the molecule is CCOC(=O)[C@@H]1CC(c2ccc(C)cn2)=C(C)[C@H]1OC(C)=O. The Morgan fingerprint density at radius 1 is 1.32 bits per heavy atom. The van der Waals surface area contributed by atoms with Crippen LogP contribution in [0.5, 0.6) is 0 Å². The van der Waals surface area contributed by atoms with E-state index in [-0.39, 0.29) is 5.97 Å². The molecule has 118 valence electrons. The van der Waals surface area contributed by atoms with Gasteiger partial charge in [0.25, 0.3) is 0 Å². The van der Waals surface area contributed by atoms with E-state index in [4.69, 9.17) is 9.47 Å². The zero-order valence-corrected chi connectivity index (χ0v) is 13.4. The molecular weight excluding hydrogens is 282 g/mol. The van der Waals surface area contributed by atoms with E-state index in [1.54, 1.807) is 13.1 Å². The van der Waals surface area contributed by atoms with Crippen LogP contribution in [0.1, 0.15) is 38.4 Å². The number of hydrogen-bond acceptors (Lipinski definition) is 5. The van der Waals surface area contributed by atoms with Gasteiger partial charge >= 0.3 is 11.9 Å². The number of aromatic nitrogens is 1. The highest BCUT2D eigenvalue weighted by atomic mass is 16.6. The summed E-state index contributed by atoms with van der Waals surface area (Å²) in [7, 11) is 0. The predicted molar refractivity (Wildman–Crippen MR) is 81.9 cm³/mol. The summed E-state index contributed by atoms with van der Waals surface area (Å²) in [6, 6.07) is 3.90. The Labute approximate surface area is 130 Å². The molecule has 0 N–H and O–H groups in total. The Morgan fingerprint density at radius 2 is 2.05 bits per heavy atom. The predicted octanol–water partition coefficient (Wildman–Crippen LogP) is 2.68. The van der Waals surface area contributed by atoms with Gasteiger partial charge in [0.15, 0.2) is 0 Å². The number of allylic oxidation sites excluding steroid dienone is 1. The molecule has 0 spiro atoms. The van der Waals surface area contributed by atoms with Gasteiger partial charge in [-0.05, 0) is 50.0 Å². The second kappa shape index (κ2) is 6.73. The van der Waals surface area contributed by atoms with Crippen LogP contribution >= 0.6 is 0 Å². The van der Waals surface area contributed by atoms with Crippen LogP contribution in [0.3, 0.4) is 0 Å². The molecule has 1 aliphatic rings. The van der Waals surface area contributed by atoms with Crippen LogP contribution in [0.25, 0.3) is 5.57 Å². The van der Waals surface area contributed by atoms with Crippen molar-refractivity contribution in [3.8, 4) is 0 Å². The zero-order chi connectivity index (χ0) is 16.3. The molecule has 0 radical (unpaired) electrons. The van der Waals surface area contributed by atoms with Gasteiger partial charge in [-0.3, -0.25) is 14.6 Å². The fourth-order valence-electron chi connectivity index (χ4n) is 2.72. The third-order valence-electron chi connectivity index (χ3n) is 3.80. The fraction of sp³-hybridized carbons (Fsp3) is 0.471. The summed E-state index contributed by atoms with van der Waals surface area (Å²) >= 11 is 0. The molecule has 0 unspecified atom stereocenters. The number of hydrogen-bond donors (Lipinski definition) is 0. The molecule has 1 aromatic heterocycles. The van der Waals surface area contributed by atoms with Crippen LogP contribution in [0.4, 0.5) is 0 Å². The molecule has 1 aromatic rings. The summed E-state index contributed by atoms with van der Waals surface area (Å²) in [5.74, 6) is -1.24. The molecule has 0 saturated carbocycles. The monoisotopic (exact) mass is 303 g/mol. The smallest absolute Gasteiger partial charge is 0.313 e. The summed E-state index contributed by atoms with van der Waals surface area (Å²) < 4.78 is 10.5. The molecule has 0 amide bonds. The molecule has 1 heterocycles. The number of pyridine rings is 1. The molecule has 22 heavy (non-hydrogen) atoms. The maximum Gasteiger partial charge on any atom is 0.313 e. The number of aryl methyl sites for hydroxylation is 1. The minimum Gasteiger partial charge on any atom is -0.466 e. The van der Waals surface area contributed by atoms with E-state index < -0.39 is 18.0 Å². The van der Waals surface area contributed by atoms with Crippen molar-refractivity contribution >= 4 is 17.5 Å². The second-order valence-corrected chi connectivity index (χ2v) is 5.48. The number of rotatable bonds is 4. The summed E-state index contributed by atoms with van der Waals surface area (Å²) in [4.78, 5) is 27.9. The van der Waals surface area contributed by atoms with Gasteiger partial charge in [0.05, 0.1) is 12.3 Å². The van der Waals surface area contributed by atoms with Gasteiger partial charge in [-0.25, -0.2) is 0 Å². The molecule has 0 aliphatic heterocycles. The molecular formula is C17H21NO4. The number of esters is 2. The lowest BCUT2D eigenvalue weighted by Gasteiger charge is -2.19. The molecule has 0 saturated heterocycles. The van der Waals surface area contributed by atoms with Gasteiger partial charge in [-0.1, -0.05) is 6.07 Å². The maximum absolute atomic E-state index is 12.2. The first-order chi connectivity index (χ1) is 10.4. The summed E-state index contributed by atoms with van der Waals surface area (Å²) in [5.41, 5.74) is 3.69. The molecule has 0 fully saturated rings. The van der Waals surface area contributed by atoms with Crippen LogP contribution in [-0.4, -0.2) is 29.6 Å². The van der Waals surface area contributed by atoms with E-state index in [2.05, 4.69) is 4.98 Å². The fourth-order valence-corrected chi connectivity index (χ4v) is 2.72. The normalized spacial score (nSPS) is 20.9. The quantitative estimate of drug-likeness (QED) is 0.800. The van der Waals surface area contributed by atoms with E-state index in [1.165, 1.54) is 6.92 Å². The van der Waals surface area contributed by atoms with Crippen LogP contribution in [0, 0.1) is 12.8 Å². The highest BCUT2D eigenvalue weighted by molar-refractivity contribution is 5.83. The molecule has 5 heteroatoms. The maximum atomic E-state index is 12.2. The van der Waals surface area contributed by atoms with Gasteiger partial charge in [-0.2, -0.15) is 0 Å². The zero-order valence-electron chi connectivity index (χ0n) is 13.4. The van der Waals surface area contributed by atoms with E-state index in [0.29, 0.717) is 13.0 Å². The topological polar surface area (TPSA) is 65.5 Å². The largest absolute Gasteiger partial charge is 0.466 e. The van der Waals surface area contributed by atoms with Crippen molar-refractivity contribution in [3.63, 3.8) is 0 Å². The molecule has 2 atom stereocenters. The Kier molecular flexibility index (Phi) is 4.96. The van der Waals surface area contributed by atoms with Gasteiger partial charge in [0.1, 0.15) is 12.0 Å². The van der Waals surface area contributed by atoms with Crippen molar-refractivity contribution in [1.29, 1.82) is 0 Å². The van der Waals surface area contributed by atoms with E-state index in [9.17, 15) is 9.59 Å². The Balaban J connectivity index is 2.33. The van der Waals surface area contributed by atoms with E-state index in [0.717, 1.165) is 22.4 Å². The van der Waals surface area contributed by atoms with Crippen molar-refractivity contribution in [2.24, 2.45) is 5.92 Å². The average Bonchev–Trinajstić information content (AvgIpc) is 2.77. The van der Waals surface area contributed by atoms with Gasteiger partial charge < -0.3 is 9.47 Å². The second-order valence-electron chi connectivity index (χ2n) is 5.48. The molecule has 1 aliphatic carbocycles. The van der Waals surface area contributed by atoms with Crippen molar-refractivity contribution in [3.05, 3.63) is 35.2 Å². The number of carbonyl (C=O) groups excluding carboxylic acids is 2. The standard InChI is InChI=1S/C17H21NO4/c1-5-21-17(20)14-8-13(11(3)16(14)22-12(4)19)15-7-6-10(2)9-18-15/h6-7,9,14,16H,5,8H2,1-4H3/t14-,16-/m1/s1. The highest BCUT2D eigenvalue weighted by Gasteiger charge is 2.41. The Bertz CT molecular complexity index is 604. The number of nitrogens with zero attached hydrogens (tertiary/aromatic N) is 1. The molecule has 2 rings (SSSR count). The number of carbonyl (C=O) groups is 2. The lowest BCUT2D eigenvalue weighted by molar-refractivity contribution is -0.157. The van der Waals surface area contributed by atoms with Gasteiger partial charge in [0.2, 0.25) is 0 Å².